The maximum Gasteiger partial charge on any atom is 0.251 e. The zero-order chi connectivity index (χ0) is 25.3. The summed E-state index contributed by atoms with van der Waals surface area (Å²) in [5.74, 6) is -0.835. The molecule has 0 saturated carbocycles. The van der Waals surface area contributed by atoms with Crippen LogP contribution in [0.2, 0.25) is 10.0 Å². The van der Waals surface area contributed by atoms with Crippen LogP contribution in [0.5, 0.6) is 0 Å². The highest BCUT2D eigenvalue weighted by Gasteiger charge is 2.16. The van der Waals surface area contributed by atoms with E-state index in [9.17, 15) is 9.18 Å². The molecule has 0 radical (unpaired) electrons. The number of imidazole rings is 1. The van der Waals surface area contributed by atoms with Crippen LogP contribution in [0.1, 0.15) is 40.1 Å². The summed E-state index contributed by atoms with van der Waals surface area (Å²) in [5, 5.41) is 12.1. The highest BCUT2D eigenvalue weighted by molar-refractivity contribution is 6.42. The second kappa shape index (κ2) is 10.1. The molecule has 2 aromatic heterocycles. The Hall–Kier alpha value is -3.42. The lowest BCUT2D eigenvalue weighted by atomic mass is 9.98. The van der Waals surface area contributed by atoms with E-state index < -0.39 is 5.95 Å². The van der Waals surface area contributed by atoms with Crippen LogP contribution in [0.25, 0.3) is 11.1 Å². The average Bonchev–Trinajstić information content (AvgIpc) is 3.12. The van der Waals surface area contributed by atoms with E-state index in [1.54, 1.807) is 59.6 Å². The van der Waals surface area contributed by atoms with Crippen LogP contribution in [0.4, 0.5) is 4.39 Å². The van der Waals surface area contributed by atoms with Crippen LogP contribution in [-0.2, 0) is 13.6 Å². The van der Waals surface area contributed by atoms with Crippen molar-refractivity contribution in [3.8, 4) is 11.1 Å². The van der Waals surface area contributed by atoms with Gasteiger partial charge in [0, 0.05) is 36.3 Å². The number of rotatable bonds is 6. The van der Waals surface area contributed by atoms with Crippen molar-refractivity contribution >= 4 is 29.1 Å². The molecule has 1 amide bonds. The van der Waals surface area contributed by atoms with E-state index in [1.165, 1.54) is 6.07 Å². The van der Waals surface area contributed by atoms with Gasteiger partial charge >= 0.3 is 0 Å². The van der Waals surface area contributed by atoms with Crippen molar-refractivity contribution in [1.29, 1.82) is 5.41 Å². The number of hydrogen-bond donors (Lipinski definition) is 2. The van der Waals surface area contributed by atoms with Crippen molar-refractivity contribution in [1.82, 2.24) is 19.4 Å². The fourth-order valence-electron chi connectivity index (χ4n) is 3.90. The van der Waals surface area contributed by atoms with E-state index in [-0.39, 0.29) is 11.9 Å². The molecule has 2 heterocycles. The van der Waals surface area contributed by atoms with Gasteiger partial charge in [-0.05, 0) is 73.0 Å². The lowest BCUT2D eigenvalue weighted by molar-refractivity contribution is 0.0940. The third-order valence-electron chi connectivity index (χ3n) is 5.84. The van der Waals surface area contributed by atoms with Gasteiger partial charge in [-0.25, -0.2) is 4.98 Å². The molecule has 4 rings (SSSR count). The Morgan fingerprint density at radius 3 is 2.54 bits per heavy atom. The fraction of sp³-hybridized carbons (Fsp3) is 0.192. The average molecular weight is 512 g/mol. The quantitative estimate of drug-likeness (QED) is 0.327. The van der Waals surface area contributed by atoms with Gasteiger partial charge in [0.2, 0.25) is 11.6 Å². The smallest absolute Gasteiger partial charge is 0.251 e. The first-order chi connectivity index (χ1) is 16.6. The first-order valence-electron chi connectivity index (χ1n) is 10.9. The Kier molecular flexibility index (Phi) is 7.10. The molecule has 0 aliphatic carbocycles. The van der Waals surface area contributed by atoms with Crippen LogP contribution in [0.3, 0.4) is 0 Å². The molecule has 35 heavy (non-hydrogen) atoms. The number of hydrogen-bond acceptors (Lipinski definition) is 3. The number of carbonyl (C=O) groups excluding carboxylic acids is 1. The van der Waals surface area contributed by atoms with E-state index in [0.717, 1.165) is 22.3 Å². The Labute approximate surface area is 212 Å². The number of nitrogens with one attached hydrogen (secondary N) is 2. The molecule has 6 nitrogen and oxygen atoms in total. The second-order valence-electron chi connectivity index (χ2n) is 8.41. The molecular formula is C26H24Cl2FN5O. The lowest BCUT2D eigenvalue weighted by Crippen LogP contribution is -2.27. The molecule has 9 heteroatoms. The Balaban J connectivity index is 1.71. The zero-order valence-electron chi connectivity index (χ0n) is 19.4. The lowest BCUT2D eigenvalue weighted by Gasteiger charge is -2.17. The minimum absolute atomic E-state index is 0.274. The molecular weight excluding hydrogens is 488 g/mol. The van der Waals surface area contributed by atoms with E-state index in [4.69, 9.17) is 28.6 Å². The molecule has 0 fully saturated rings. The Morgan fingerprint density at radius 2 is 1.89 bits per heavy atom. The minimum atomic E-state index is -0.561. The summed E-state index contributed by atoms with van der Waals surface area (Å²) in [6, 6.07) is 13.4. The number of pyridine rings is 1. The van der Waals surface area contributed by atoms with Crippen LogP contribution in [0, 0.1) is 18.3 Å². The highest BCUT2D eigenvalue weighted by atomic mass is 35.5. The normalized spacial score (nSPS) is 11.9. The van der Waals surface area contributed by atoms with Crippen molar-refractivity contribution in [2.24, 2.45) is 7.05 Å². The molecule has 0 bridgehead atoms. The molecule has 0 aliphatic rings. The zero-order valence-corrected chi connectivity index (χ0v) is 21.0. The number of halogens is 3. The fourth-order valence-corrected chi connectivity index (χ4v) is 4.21. The summed E-state index contributed by atoms with van der Waals surface area (Å²) in [5.41, 5.74) is 4.40. The number of benzene rings is 2. The predicted molar refractivity (Wildman–Crippen MR) is 135 cm³/mol. The number of aryl methyl sites for hydroxylation is 2. The third-order valence-corrected chi connectivity index (χ3v) is 6.58. The standard InChI is InChI=1S/C26H24Cl2FN5O/c1-15(18-4-6-22(27)23(28)13-18)32-25(35)20-11-17(14-34-9-8-33(3)26(34)30)10-19(12-20)21-5-7-24(29)31-16(21)2/h4-13,15,30H,14H2,1-3H3,(H,32,35)/t15-/m0/s1. The van der Waals surface area contributed by atoms with Crippen molar-refractivity contribution in [2.45, 2.75) is 26.4 Å². The van der Waals surface area contributed by atoms with Crippen molar-refractivity contribution < 1.29 is 9.18 Å². The van der Waals surface area contributed by atoms with Gasteiger partial charge in [0.25, 0.3) is 5.91 Å². The summed E-state index contributed by atoms with van der Waals surface area (Å²) in [6.07, 6.45) is 3.61. The maximum atomic E-state index is 13.6. The largest absolute Gasteiger partial charge is 0.346 e. The number of nitrogens with zero attached hydrogens (tertiary/aromatic N) is 3. The van der Waals surface area contributed by atoms with Gasteiger partial charge in [0.15, 0.2) is 0 Å². The van der Waals surface area contributed by atoms with E-state index in [2.05, 4.69) is 10.3 Å². The van der Waals surface area contributed by atoms with Gasteiger partial charge in [-0.1, -0.05) is 29.3 Å². The minimum Gasteiger partial charge on any atom is -0.346 e. The summed E-state index contributed by atoms with van der Waals surface area (Å²) in [4.78, 5) is 17.2. The van der Waals surface area contributed by atoms with Crippen molar-refractivity contribution in [3.63, 3.8) is 0 Å². The Bertz CT molecular complexity index is 1480. The van der Waals surface area contributed by atoms with E-state index >= 15 is 0 Å². The second-order valence-corrected chi connectivity index (χ2v) is 9.23. The van der Waals surface area contributed by atoms with Gasteiger partial charge in [-0.3, -0.25) is 10.2 Å². The van der Waals surface area contributed by atoms with Crippen LogP contribution < -0.4 is 10.9 Å². The van der Waals surface area contributed by atoms with Crippen molar-refractivity contribution in [3.05, 3.63) is 105 Å². The number of aromatic nitrogens is 3. The van der Waals surface area contributed by atoms with Crippen LogP contribution >= 0.6 is 23.2 Å². The molecule has 0 spiro atoms. The molecule has 0 saturated heterocycles. The monoisotopic (exact) mass is 511 g/mol. The highest BCUT2D eigenvalue weighted by Crippen LogP contribution is 2.28. The van der Waals surface area contributed by atoms with Gasteiger partial charge < -0.3 is 14.5 Å². The van der Waals surface area contributed by atoms with Gasteiger partial charge in [-0.15, -0.1) is 0 Å². The molecule has 1 atom stereocenters. The molecule has 4 aromatic rings. The van der Waals surface area contributed by atoms with Crippen LogP contribution in [0.15, 0.2) is 60.9 Å². The summed E-state index contributed by atoms with van der Waals surface area (Å²) < 4.78 is 17.1. The number of amides is 1. The first-order valence-corrected chi connectivity index (χ1v) is 11.7. The van der Waals surface area contributed by atoms with Gasteiger partial charge in [0.1, 0.15) is 0 Å². The topological polar surface area (TPSA) is 75.7 Å². The molecule has 180 valence electrons. The molecule has 0 unspecified atom stereocenters. The predicted octanol–water partition coefficient (Wildman–Crippen LogP) is 5.66. The summed E-state index contributed by atoms with van der Waals surface area (Å²) in [6.45, 7) is 3.98. The van der Waals surface area contributed by atoms with Gasteiger partial charge in [-0.2, -0.15) is 4.39 Å². The molecule has 0 aliphatic heterocycles. The van der Waals surface area contributed by atoms with Gasteiger partial charge in [0.05, 0.1) is 22.6 Å². The maximum absolute atomic E-state index is 13.6. The summed E-state index contributed by atoms with van der Waals surface area (Å²) in [7, 11) is 1.80. The van der Waals surface area contributed by atoms with E-state index in [1.807, 2.05) is 25.3 Å². The van der Waals surface area contributed by atoms with Crippen LogP contribution in [-0.4, -0.2) is 20.0 Å². The SMILES string of the molecule is Cc1nc(F)ccc1-c1cc(Cn2ccn(C)c2=N)cc(C(=O)N[C@@H](C)c2ccc(Cl)c(Cl)c2)c1. The first kappa shape index (κ1) is 24.7. The molecule has 2 aromatic carbocycles. The van der Waals surface area contributed by atoms with Crippen molar-refractivity contribution in [2.75, 3.05) is 0 Å². The Morgan fingerprint density at radius 1 is 1.11 bits per heavy atom. The van der Waals surface area contributed by atoms with E-state index in [0.29, 0.717) is 33.5 Å². The number of carbonyl (C=O) groups is 1. The molecule has 2 N–H and O–H groups in total. The third kappa shape index (κ3) is 5.47. The summed E-state index contributed by atoms with van der Waals surface area (Å²) >= 11 is 12.2.